The Hall–Kier alpha value is -1.52. The maximum Gasteiger partial charge on any atom is 0.257 e. The average molecular weight is 323 g/mol. The van der Waals surface area contributed by atoms with Crippen LogP contribution in [0.3, 0.4) is 0 Å². The molecule has 0 bridgehead atoms. The van der Waals surface area contributed by atoms with Crippen molar-refractivity contribution < 1.29 is 9.53 Å². The molecule has 0 saturated carbocycles. The SMILES string of the molecule is C/C=C/CN1CCCN(C(=O)c2ccc(Cl)cc2OC)CC1. The van der Waals surface area contributed by atoms with Crippen LogP contribution in [0.25, 0.3) is 0 Å². The predicted molar refractivity (Wildman–Crippen MR) is 89.8 cm³/mol. The molecular formula is C17H23ClN2O2. The number of halogens is 1. The van der Waals surface area contributed by atoms with E-state index in [1.165, 1.54) is 0 Å². The van der Waals surface area contributed by atoms with Gasteiger partial charge >= 0.3 is 0 Å². The van der Waals surface area contributed by atoms with Gasteiger partial charge in [-0.2, -0.15) is 0 Å². The number of ether oxygens (including phenoxy) is 1. The van der Waals surface area contributed by atoms with Gasteiger partial charge in [0.05, 0.1) is 12.7 Å². The van der Waals surface area contributed by atoms with Crippen molar-refractivity contribution in [2.24, 2.45) is 0 Å². The number of rotatable bonds is 4. The van der Waals surface area contributed by atoms with Gasteiger partial charge in [0.1, 0.15) is 5.75 Å². The van der Waals surface area contributed by atoms with Crippen LogP contribution in [0.5, 0.6) is 5.75 Å². The zero-order valence-electron chi connectivity index (χ0n) is 13.2. The van der Waals surface area contributed by atoms with Gasteiger partial charge in [0.2, 0.25) is 0 Å². The number of benzene rings is 1. The van der Waals surface area contributed by atoms with Crippen molar-refractivity contribution in [1.29, 1.82) is 0 Å². The molecule has 4 nitrogen and oxygen atoms in total. The lowest BCUT2D eigenvalue weighted by molar-refractivity contribution is 0.0758. The first-order valence-corrected chi connectivity index (χ1v) is 8.00. The van der Waals surface area contributed by atoms with Crippen LogP contribution >= 0.6 is 11.6 Å². The summed E-state index contributed by atoms with van der Waals surface area (Å²) in [6.07, 6.45) is 5.20. The van der Waals surface area contributed by atoms with Crippen molar-refractivity contribution in [2.75, 3.05) is 39.8 Å². The van der Waals surface area contributed by atoms with Gasteiger partial charge in [0.15, 0.2) is 0 Å². The van der Waals surface area contributed by atoms with Gasteiger partial charge in [-0.15, -0.1) is 0 Å². The van der Waals surface area contributed by atoms with Gasteiger partial charge in [0, 0.05) is 37.7 Å². The highest BCUT2D eigenvalue weighted by Gasteiger charge is 2.22. The van der Waals surface area contributed by atoms with Crippen molar-refractivity contribution in [3.63, 3.8) is 0 Å². The van der Waals surface area contributed by atoms with Gasteiger partial charge < -0.3 is 9.64 Å². The second-order valence-electron chi connectivity index (χ2n) is 5.36. The lowest BCUT2D eigenvalue weighted by Crippen LogP contribution is -2.35. The van der Waals surface area contributed by atoms with E-state index in [1.807, 2.05) is 11.8 Å². The maximum atomic E-state index is 12.7. The minimum absolute atomic E-state index is 0.0152. The molecule has 1 fully saturated rings. The molecule has 1 amide bonds. The summed E-state index contributed by atoms with van der Waals surface area (Å²) < 4.78 is 5.29. The first-order chi connectivity index (χ1) is 10.7. The highest BCUT2D eigenvalue weighted by atomic mass is 35.5. The zero-order chi connectivity index (χ0) is 15.9. The molecule has 0 atom stereocenters. The highest BCUT2D eigenvalue weighted by Crippen LogP contribution is 2.24. The molecule has 1 aliphatic rings. The molecule has 0 N–H and O–H groups in total. The van der Waals surface area contributed by atoms with Crippen molar-refractivity contribution in [3.8, 4) is 5.75 Å². The van der Waals surface area contributed by atoms with E-state index in [9.17, 15) is 4.79 Å². The third kappa shape index (κ3) is 4.24. The van der Waals surface area contributed by atoms with Crippen LogP contribution in [0.15, 0.2) is 30.4 Å². The van der Waals surface area contributed by atoms with Gasteiger partial charge in [-0.05, 0) is 31.5 Å². The van der Waals surface area contributed by atoms with E-state index in [2.05, 4.69) is 17.1 Å². The summed E-state index contributed by atoms with van der Waals surface area (Å²) >= 11 is 5.96. The zero-order valence-corrected chi connectivity index (χ0v) is 14.0. The van der Waals surface area contributed by atoms with Gasteiger partial charge in [-0.3, -0.25) is 9.69 Å². The Labute approximate surface area is 137 Å². The third-order valence-corrected chi connectivity index (χ3v) is 4.10. The van der Waals surface area contributed by atoms with E-state index in [-0.39, 0.29) is 5.91 Å². The highest BCUT2D eigenvalue weighted by molar-refractivity contribution is 6.30. The van der Waals surface area contributed by atoms with Crippen molar-refractivity contribution in [2.45, 2.75) is 13.3 Å². The minimum Gasteiger partial charge on any atom is -0.496 e. The van der Waals surface area contributed by atoms with Crippen LogP contribution in [0.4, 0.5) is 0 Å². The Bertz CT molecular complexity index is 545. The van der Waals surface area contributed by atoms with Gasteiger partial charge in [-0.1, -0.05) is 23.8 Å². The molecule has 1 aliphatic heterocycles. The number of methoxy groups -OCH3 is 1. The van der Waals surface area contributed by atoms with E-state index >= 15 is 0 Å². The fraction of sp³-hybridized carbons (Fsp3) is 0.471. The number of allylic oxidation sites excluding steroid dienone is 1. The molecule has 1 saturated heterocycles. The number of carbonyl (C=O) groups excluding carboxylic acids is 1. The smallest absolute Gasteiger partial charge is 0.257 e. The summed E-state index contributed by atoms with van der Waals surface area (Å²) in [5, 5.41) is 0.571. The van der Waals surface area contributed by atoms with Crippen molar-refractivity contribution in [3.05, 3.63) is 40.9 Å². The molecule has 0 unspecified atom stereocenters. The van der Waals surface area contributed by atoms with Crippen LogP contribution < -0.4 is 4.74 Å². The Morgan fingerprint density at radius 2 is 2.14 bits per heavy atom. The quantitative estimate of drug-likeness (QED) is 0.799. The lowest BCUT2D eigenvalue weighted by Gasteiger charge is -2.22. The fourth-order valence-corrected chi connectivity index (χ4v) is 2.79. The lowest BCUT2D eigenvalue weighted by atomic mass is 10.1. The third-order valence-electron chi connectivity index (χ3n) is 3.87. The largest absolute Gasteiger partial charge is 0.496 e. The number of hydrogen-bond acceptors (Lipinski definition) is 3. The van der Waals surface area contributed by atoms with Gasteiger partial charge in [-0.25, -0.2) is 0 Å². The fourth-order valence-electron chi connectivity index (χ4n) is 2.62. The molecule has 0 aromatic heterocycles. The van der Waals surface area contributed by atoms with Crippen LogP contribution in [-0.4, -0.2) is 55.5 Å². The molecule has 0 radical (unpaired) electrons. The Kier molecular flexibility index (Phi) is 6.28. The second kappa shape index (κ2) is 8.20. The minimum atomic E-state index is 0.0152. The normalized spacial score (nSPS) is 16.8. The summed E-state index contributed by atoms with van der Waals surface area (Å²) in [5.74, 6) is 0.550. The van der Waals surface area contributed by atoms with Crippen LogP contribution in [0.2, 0.25) is 5.02 Å². The van der Waals surface area contributed by atoms with Crippen LogP contribution in [-0.2, 0) is 0 Å². The molecule has 22 heavy (non-hydrogen) atoms. The van der Waals surface area contributed by atoms with E-state index in [4.69, 9.17) is 16.3 Å². The number of carbonyl (C=O) groups is 1. The van der Waals surface area contributed by atoms with Gasteiger partial charge in [0.25, 0.3) is 5.91 Å². The van der Waals surface area contributed by atoms with E-state index in [0.29, 0.717) is 16.3 Å². The predicted octanol–water partition coefficient (Wildman–Crippen LogP) is 3.07. The Balaban J connectivity index is 2.07. The van der Waals surface area contributed by atoms with E-state index < -0.39 is 0 Å². The second-order valence-corrected chi connectivity index (χ2v) is 5.80. The molecule has 0 spiro atoms. The molecule has 2 rings (SSSR count). The number of nitrogens with zero attached hydrogens (tertiary/aromatic N) is 2. The summed E-state index contributed by atoms with van der Waals surface area (Å²) in [4.78, 5) is 17.0. The molecular weight excluding hydrogens is 300 g/mol. The standard InChI is InChI=1S/C17H23ClN2O2/c1-3-4-8-19-9-5-10-20(12-11-19)17(21)15-7-6-14(18)13-16(15)22-2/h3-4,6-7,13H,5,8-12H2,1-2H3/b4-3+. The molecule has 120 valence electrons. The number of amides is 1. The summed E-state index contributed by atoms with van der Waals surface area (Å²) in [7, 11) is 1.56. The average Bonchev–Trinajstić information content (AvgIpc) is 2.77. The van der Waals surface area contributed by atoms with E-state index in [1.54, 1.807) is 25.3 Å². The van der Waals surface area contributed by atoms with Crippen LogP contribution in [0.1, 0.15) is 23.7 Å². The first kappa shape index (κ1) is 16.8. The summed E-state index contributed by atoms with van der Waals surface area (Å²) in [6.45, 7) is 6.40. The van der Waals surface area contributed by atoms with Crippen molar-refractivity contribution >= 4 is 17.5 Å². The van der Waals surface area contributed by atoms with Crippen molar-refractivity contribution in [1.82, 2.24) is 9.80 Å². The maximum absolute atomic E-state index is 12.7. The topological polar surface area (TPSA) is 32.8 Å². The Morgan fingerprint density at radius 3 is 2.86 bits per heavy atom. The first-order valence-electron chi connectivity index (χ1n) is 7.62. The summed E-state index contributed by atoms with van der Waals surface area (Å²) in [5.41, 5.74) is 0.578. The van der Waals surface area contributed by atoms with Crippen LogP contribution in [0, 0.1) is 0 Å². The molecule has 1 heterocycles. The Morgan fingerprint density at radius 1 is 1.32 bits per heavy atom. The molecule has 1 aromatic carbocycles. The van der Waals surface area contributed by atoms with E-state index in [0.717, 1.165) is 39.1 Å². The summed E-state index contributed by atoms with van der Waals surface area (Å²) in [6, 6.07) is 5.16. The molecule has 5 heteroatoms. The number of hydrogen-bond donors (Lipinski definition) is 0. The molecule has 0 aliphatic carbocycles. The monoisotopic (exact) mass is 322 g/mol. The molecule has 1 aromatic rings.